The van der Waals surface area contributed by atoms with E-state index in [-0.39, 0.29) is 17.9 Å². The second kappa shape index (κ2) is 4.20. The van der Waals surface area contributed by atoms with E-state index < -0.39 is 0 Å². The Kier molecular flexibility index (Phi) is 2.56. The van der Waals surface area contributed by atoms with Crippen molar-refractivity contribution in [1.29, 1.82) is 0 Å². The van der Waals surface area contributed by atoms with Crippen molar-refractivity contribution in [2.45, 2.75) is 18.5 Å². The van der Waals surface area contributed by atoms with Gasteiger partial charge in [-0.15, -0.1) is 0 Å². The van der Waals surface area contributed by atoms with Crippen LogP contribution in [-0.4, -0.2) is 43.8 Å². The number of hydrogen-bond acceptors (Lipinski definition) is 4. The Balaban J connectivity index is 1.63. The van der Waals surface area contributed by atoms with Gasteiger partial charge in [0.15, 0.2) is 0 Å². The summed E-state index contributed by atoms with van der Waals surface area (Å²) in [4.78, 5) is 19.9. The van der Waals surface area contributed by atoms with E-state index in [1.54, 1.807) is 7.11 Å². The Bertz CT molecular complexity index is 545. The van der Waals surface area contributed by atoms with Gasteiger partial charge in [-0.3, -0.25) is 9.63 Å². The molecule has 5 heteroatoms. The van der Waals surface area contributed by atoms with Crippen molar-refractivity contribution < 1.29 is 14.4 Å². The molecule has 1 aromatic rings. The summed E-state index contributed by atoms with van der Waals surface area (Å²) in [5.74, 6) is 1.73. The zero-order valence-electron chi connectivity index (χ0n) is 11.7. The standard InChI is InChI=1S/C15H18N2O3/c1-16-13-9(8-20-16)7-12-14(13)17(15(12)18)10-3-5-11(19-2)6-4-10/h3-6,9,12-14H,7-8H2,1-2H3/t9-,12+,13+,14+/m0/s1. The number of likely N-dealkylation sites (N-methyl/N-ethyl adjacent to an activating group) is 1. The van der Waals surface area contributed by atoms with Crippen LogP contribution in [0.2, 0.25) is 0 Å². The Morgan fingerprint density at radius 2 is 2.00 bits per heavy atom. The first kappa shape index (κ1) is 12.2. The molecular formula is C15H18N2O3. The summed E-state index contributed by atoms with van der Waals surface area (Å²) in [6, 6.07) is 8.30. The third kappa shape index (κ3) is 1.47. The Morgan fingerprint density at radius 3 is 2.70 bits per heavy atom. The lowest BCUT2D eigenvalue weighted by molar-refractivity contribution is -0.140. The molecule has 106 valence electrons. The Labute approximate surface area is 118 Å². The van der Waals surface area contributed by atoms with Gasteiger partial charge in [-0.2, -0.15) is 5.06 Å². The fraction of sp³-hybridized carbons (Fsp3) is 0.533. The second-order valence-corrected chi connectivity index (χ2v) is 5.83. The maximum Gasteiger partial charge on any atom is 0.232 e. The lowest BCUT2D eigenvalue weighted by atomic mass is 9.88. The van der Waals surface area contributed by atoms with Crippen LogP contribution in [-0.2, 0) is 9.63 Å². The van der Waals surface area contributed by atoms with E-state index in [0.29, 0.717) is 12.0 Å². The summed E-state index contributed by atoms with van der Waals surface area (Å²) >= 11 is 0. The van der Waals surface area contributed by atoms with Gasteiger partial charge in [0.1, 0.15) is 5.75 Å². The van der Waals surface area contributed by atoms with Crippen molar-refractivity contribution in [1.82, 2.24) is 5.06 Å². The van der Waals surface area contributed by atoms with Crippen LogP contribution in [0.4, 0.5) is 5.69 Å². The van der Waals surface area contributed by atoms with E-state index in [4.69, 9.17) is 9.57 Å². The minimum Gasteiger partial charge on any atom is -0.497 e. The fourth-order valence-corrected chi connectivity index (χ4v) is 3.97. The fourth-order valence-electron chi connectivity index (χ4n) is 3.97. The molecule has 20 heavy (non-hydrogen) atoms. The van der Waals surface area contributed by atoms with Gasteiger partial charge in [0, 0.05) is 18.7 Å². The number of methoxy groups -OCH3 is 1. The second-order valence-electron chi connectivity index (χ2n) is 5.83. The normalized spacial score (nSPS) is 35.7. The maximum absolute atomic E-state index is 12.4. The summed E-state index contributed by atoms with van der Waals surface area (Å²) < 4.78 is 5.17. The number of nitrogens with zero attached hydrogens (tertiary/aromatic N) is 2. The van der Waals surface area contributed by atoms with E-state index >= 15 is 0 Å². The third-order valence-corrected chi connectivity index (χ3v) is 4.92. The van der Waals surface area contributed by atoms with Crippen LogP contribution < -0.4 is 9.64 Å². The third-order valence-electron chi connectivity index (χ3n) is 4.92. The molecule has 0 bridgehead atoms. The van der Waals surface area contributed by atoms with Crippen LogP contribution in [0, 0.1) is 11.8 Å². The summed E-state index contributed by atoms with van der Waals surface area (Å²) in [6.45, 7) is 0.748. The topological polar surface area (TPSA) is 42.0 Å². The van der Waals surface area contributed by atoms with Crippen LogP contribution >= 0.6 is 0 Å². The van der Waals surface area contributed by atoms with Gasteiger partial charge in [0.2, 0.25) is 5.91 Å². The molecule has 1 aromatic carbocycles. The molecule has 0 aromatic heterocycles. The number of fused-ring (bicyclic) bond motifs is 3. The number of carbonyl (C=O) groups excluding carboxylic acids is 1. The number of amides is 1. The minimum atomic E-state index is 0.179. The molecule has 4 rings (SSSR count). The minimum absolute atomic E-state index is 0.179. The SMILES string of the molecule is COc1ccc(N2C(=O)[C@@H]3C[C@H]4CON(C)[C@H]4[C@@H]32)cc1. The zero-order chi connectivity index (χ0) is 13.9. The van der Waals surface area contributed by atoms with E-state index in [0.717, 1.165) is 24.5 Å². The number of rotatable bonds is 2. The van der Waals surface area contributed by atoms with Gasteiger partial charge < -0.3 is 9.64 Å². The molecule has 0 N–H and O–H groups in total. The van der Waals surface area contributed by atoms with E-state index in [2.05, 4.69) is 0 Å². The monoisotopic (exact) mass is 274 g/mol. The van der Waals surface area contributed by atoms with Gasteiger partial charge in [0.05, 0.1) is 31.7 Å². The molecule has 3 aliphatic rings. The van der Waals surface area contributed by atoms with Gasteiger partial charge >= 0.3 is 0 Å². The summed E-state index contributed by atoms with van der Waals surface area (Å²) in [5, 5.41) is 1.94. The van der Waals surface area contributed by atoms with Gasteiger partial charge in [0.25, 0.3) is 0 Å². The number of hydrogen-bond donors (Lipinski definition) is 0. The molecule has 1 amide bonds. The summed E-state index contributed by atoms with van der Waals surface area (Å²) in [7, 11) is 3.62. The highest BCUT2D eigenvalue weighted by molar-refractivity contribution is 6.03. The average Bonchev–Trinajstić information content (AvgIpc) is 2.98. The van der Waals surface area contributed by atoms with Gasteiger partial charge in [-0.1, -0.05) is 0 Å². The molecular weight excluding hydrogens is 256 g/mol. The highest BCUT2D eigenvalue weighted by Gasteiger charge is 2.62. The lowest BCUT2D eigenvalue weighted by Crippen LogP contribution is -2.64. The molecule has 2 heterocycles. The first-order valence-electron chi connectivity index (χ1n) is 7.03. The summed E-state index contributed by atoms with van der Waals surface area (Å²) in [5.41, 5.74) is 0.956. The highest BCUT2D eigenvalue weighted by atomic mass is 16.7. The maximum atomic E-state index is 12.4. The molecule has 2 aliphatic heterocycles. The van der Waals surface area contributed by atoms with E-state index in [1.807, 2.05) is 41.3 Å². The van der Waals surface area contributed by atoms with Gasteiger partial charge in [-0.05, 0) is 30.7 Å². The predicted molar refractivity (Wildman–Crippen MR) is 73.4 cm³/mol. The van der Waals surface area contributed by atoms with Crippen LogP contribution in [0.1, 0.15) is 6.42 Å². The molecule has 0 radical (unpaired) electrons. The molecule has 1 aliphatic carbocycles. The van der Waals surface area contributed by atoms with Crippen molar-refractivity contribution >= 4 is 11.6 Å². The van der Waals surface area contributed by atoms with Crippen LogP contribution in [0.3, 0.4) is 0 Å². The quantitative estimate of drug-likeness (QED) is 0.762. The number of hydroxylamine groups is 2. The summed E-state index contributed by atoms with van der Waals surface area (Å²) in [6.07, 6.45) is 0.963. The van der Waals surface area contributed by atoms with Crippen LogP contribution in [0.15, 0.2) is 24.3 Å². The van der Waals surface area contributed by atoms with Gasteiger partial charge in [-0.25, -0.2) is 0 Å². The predicted octanol–water partition coefficient (Wildman–Crippen LogP) is 1.29. The zero-order valence-corrected chi connectivity index (χ0v) is 11.7. The van der Waals surface area contributed by atoms with Crippen molar-refractivity contribution in [3.05, 3.63) is 24.3 Å². The van der Waals surface area contributed by atoms with Crippen molar-refractivity contribution in [2.24, 2.45) is 11.8 Å². The average molecular weight is 274 g/mol. The Morgan fingerprint density at radius 1 is 1.25 bits per heavy atom. The molecule has 5 nitrogen and oxygen atoms in total. The molecule has 4 atom stereocenters. The first-order valence-corrected chi connectivity index (χ1v) is 7.03. The van der Waals surface area contributed by atoms with Crippen molar-refractivity contribution in [3.8, 4) is 5.75 Å². The molecule has 0 spiro atoms. The van der Waals surface area contributed by atoms with Crippen LogP contribution in [0.5, 0.6) is 5.75 Å². The molecule has 3 fully saturated rings. The largest absolute Gasteiger partial charge is 0.497 e. The first-order chi connectivity index (χ1) is 9.70. The number of anilines is 1. The molecule has 1 saturated carbocycles. The Hall–Kier alpha value is -1.59. The highest BCUT2D eigenvalue weighted by Crippen LogP contribution is 2.49. The molecule has 2 saturated heterocycles. The smallest absolute Gasteiger partial charge is 0.232 e. The van der Waals surface area contributed by atoms with E-state index in [1.165, 1.54) is 0 Å². The number of ether oxygens (including phenoxy) is 1. The van der Waals surface area contributed by atoms with Crippen LogP contribution in [0.25, 0.3) is 0 Å². The number of β-lactam (4-membered cyclic amide) rings is 1. The number of benzene rings is 1. The lowest BCUT2D eigenvalue weighted by Gasteiger charge is -2.46. The van der Waals surface area contributed by atoms with Crippen molar-refractivity contribution in [3.63, 3.8) is 0 Å². The number of carbonyl (C=O) groups is 1. The van der Waals surface area contributed by atoms with E-state index in [9.17, 15) is 4.79 Å². The molecule has 0 unspecified atom stereocenters. The van der Waals surface area contributed by atoms with Crippen molar-refractivity contribution in [2.75, 3.05) is 25.7 Å².